The summed E-state index contributed by atoms with van der Waals surface area (Å²) >= 11 is 0. The number of halogens is 1. The Hall–Kier alpha value is -3.25. The fourth-order valence-corrected chi connectivity index (χ4v) is 4.92. The lowest BCUT2D eigenvalue weighted by Crippen LogP contribution is -2.19. The molecule has 0 spiro atoms. The van der Waals surface area contributed by atoms with Crippen LogP contribution in [0.15, 0.2) is 54.6 Å². The molecule has 6 heteroatoms. The highest BCUT2D eigenvalue weighted by atomic mass is 19.1. The summed E-state index contributed by atoms with van der Waals surface area (Å²) in [5, 5.41) is 8.84. The smallest absolute Gasteiger partial charge is 0.169 e. The number of anilines is 2. The Morgan fingerprint density at radius 3 is 2.75 bits per heavy atom. The van der Waals surface area contributed by atoms with Crippen molar-refractivity contribution in [1.29, 1.82) is 0 Å². The number of nitrogens with zero attached hydrogens (tertiary/aromatic N) is 3. The van der Waals surface area contributed by atoms with E-state index in [2.05, 4.69) is 11.4 Å². The van der Waals surface area contributed by atoms with Crippen LogP contribution in [-0.2, 0) is 17.6 Å². The van der Waals surface area contributed by atoms with Gasteiger partial charge in [0, 0.05) is 17.9 Å². The Morgan fingerprint density at radius 1 is 1.00 bits per heavy atom. The summed E-state index contributed by atoms with van der Waals surface area (Å²) < 4.78 is 23.2. The van der Waals surface area contributed by atoms with Crippen molar-refractivity contribution in [3.05, 3.63) is 71.5 Å². The molecule has 1 atom stereocenters. The molecule has 32 heavy (non-hydrogen) atoms. The quantitative estimate of drug-likeness (QED) is 0.422. The number of aryl methyl sites for hydroxylation is 1. The van der Waals surface area contributed by atoms with E-state index < -0.39 is 0 Å². The molecular weight excluding hydrogens is 403 g/mol. The Kier molecular flexibility index (Phi) is 4.87. The summed E-state index contributed by atoms with van der Waals surface area (Å²) in [6.45, 7) is 0.704. The van der Waals surface area contributed by atoms with Gasteiger partial charge in [-0.15, -0.1) is 0 Å². The molecule has 2 aromatic carbocycles. The van der Waals surface area contributed by atoms with Crippen LogP contribution >= 0.6 is 0 Å². The minimum absolute atomic E-state index is 0.185. The van der Waals surface area contributed by atoms with Crippen molar-refractivity contribution in [2.24, 2.45) is 0 Å². The number of hydrogen-bond acceptors (Lipinski definition) is 4. The molecule has 0 radical (unpaired) electrons. The minimum atomic E-state index is -0.380. The fourth-order valence-electron chi connectivity index (χ4n) is 4.92. The minimum Gasteiger partial charge on any atom is -0.356 e. The normalized spacial score (nSPS) is 18.1. The maximum absolute atomic E-state index is 15.3. The lowest BCUT2D eigenvalue weighted by molar-refractivity contribution is -0.0368. The molecule has 1 fully saturated rings. The van der Waals surface area contributed by atoms with E-state index in [4.69, 9.17) is 14.8 Å². The summed E-state index contributed by atoms with van der Waals surface area (Å²) in [5.41, 5.74) is 5.86. The molecule has 6 rings (SSSR count). The lowest BCUT2D eigenvalue weighted by atomic mass is 10.1. The number of pyridine rings is 1. The van der Waals surface area contributed by atoms with Crippen LogP contribution in [0.2, 0.25) is 0 Å². The van der Waals surface area contributed by atoms with E-state index in [1.165, 1.54) is 11.1 Å². The van der Waals surface area contributed by atoms with Crippen LogP contribution in [0.3, 0.4) is 0 Å². The van der Waals surface area contributed by atoms with Crippen LogP contribution < -0.4 is 5.32 Å². The molecule has 0 bridgehead atoms. The third-order valence-electron chi connectivity index (χ3n) is 6.51. The van der Waals surface area contributed by atoms with Gasteiger partial charge in [-0.25, -0.2) is 14.1 Å². The number of hydrogen-bond donors (Lipinski definition) is 1. The Balaban J connectivity index is 1.48. The molecule has 0 saturated carbocycles. The van der Waals surface area contributed by atoms with Gasteiger partial charge in [-0.3, -0.25) is 0 Å². The van der Waals surface area contributed by atoms with E-state index in [0.29, 0.717) is 17.6 Å². The average Bonchev–Trinajstić information content (AvgIpc) is 3.46. The molecule has 0 amide bonds. The summed E-state index contributed by atoms with van der Waals surface area (Å²) in [6, 6.07) is 17.6. The van der Waals surface area contributed by atoms with Gasteiger partial charge in [0.15, 0.2) is 23.5 Å². The summed E-state index contributed by atoms with van der Waals surface area (Å²) in [5.74, 6) is -0.149. The number of benzene rings is 2. The zero-order valence-electron chi connectivity index (χ0n) is 17.9. The molecule has 4 aromatic rings. The van der Waals surface area contributed by atoms with E-state index in [-0.39, 0.29) is 17.9 Å². The molecule has 2 aliphatic rings. The highest BCUT2D eigenvalue weighted by Gasteiger charge is 2.25. The molecular formula is C26H25FN4O. The Bertz CT molecular complexity index is 1280. The second-order valence-corrected chi connectivity index (χ2v) is 8.59. The van der Waals surface area contributed by atoms with Gasteiger partial charge in [-0.1, -0.05) is 42.5 Å². The first kappa shape index (κ1) is 19.4. The number of ether oxygens (including phenoxy) is 1. The van der Waals surface area contributed by atoms with Crippen molar-refractivity contribution in [1.82, 2.24) is 14.8 Å². The van der Waals surface area contributed by atoms with Crippen molar-refractivity contribution in [2.45, 2.75) is 44.8 Å². The number of rotatable bonds is 4. The maximum atomic E-state index is 15.3. The van der Waals surface area contributed by atoms with E-state index in [1.807, 2.05) is 47.1 Å². The van der Waals surface area contributed by atoms with Gasteiger partial charge in [0.05, 0.1) is 5.39 Å². The van der Waals surface area contributed by atoms with E-state index in [0.717, 1.165) is 55.5 Å². The van der Waals surface area contributed by atoms with Gasteiger partial charge in [0.2, 0.25) is 0 Å². The van der Waals surface area contributed by atoms with Crippen molar-refractivity contribution in [3.8, 4) is 11.3 Å². The first-order valence-electron chi connectivity index (χ1n) is 11.4. The zero-order valence-corrected chi connectivity index (χ0v) is 17.9. The zero-order chi connectivity index (χ0) is 21.5. The predicted molar refractivity (Wildman–Crippen MR) is 124 cm³/mol. The monoisotopic (exact) mass is 428 g/mol. The van der Waals surface area contributed by atoms with Crippen molar-refractivity contribution in [3.63, 3.8) is 0 Å². The summed E-state index contributed by atoms with van der Waals surface area (Å²) in [7, 11) is 0. The topological polar surface area (TPSA) is 52.0 Å². The molecule has 162 valence electrons. The van der Waals surface area contributed by atoms with Crippen LogP contribution in [0.5, 0.6) is 0 Å². The Labute approximate surface area is 186 Å². The van der Waals surface area contributed by atoms with Gasteiger partial charge in [-0.2, -0.15) is 5.10 Å². The van der Waals surface area contributed by atoms with Crippen LogP contribution in [0.1, 0.15) is 43.0 Å². The summed E-state index contributed by atoms with van der Waals surface area (Å²) in [6.07, 6.45) is 6.04. The van der Waals surface area contributed by atoms with Crippen LogP contribution in [-0.4, -0.2) is 21.4 Å². The lowest BCUT2D eigenvalue weighted by Gasteiger charge is -2.23. The van der Waals surface area contributed by atoms with E-state index >= 15 is 4.39 Å². The standard InChI is InChI=1S/C26H25FN4O/c27-21-16-20-24(18-8-2-1-3-9-18)30-31(23-14-4-5-15-32-23)26(20)29-25(21)28-22-13-7-11-17-10-6-12-19(17)22/h1-3,7-9,11,13,16,23H,4-6,10,12,14-15H2,(H,28,29). The maximum Gasteiger partial charge on any atom is 0.169 e. The third kappa shape index (κ3) is 3.35. The van der Waals surface area contributed by atoms with E-state index in [9.17, 15) is 0 Å². The number of aromatic nitrogens is 3. The van der Waals surface area contributed by atoms with Gasteiger partial charge in [-0.05, 0) is 61.8 Å². The van der Waals surface area contributed by atoms with E-state index in [1.54, 1.807) is 6.07 Å². The number of fused-ring (bicyclic) bond motifs is 2. The van der Waals surface area contributed by atoms with Crippen LogP contribution in [0, 0.1) is 5.82 Å². The second-order valence-electron chi connectivity index (χ2n) is 8.59. The number of nitrogens with one attached hydrogen (secondary N) is 1. The molecule has 3 heterocycles. The first-order valence-corrected chi connectivity index (χ1v) is 11.4. The fraction of sp³-hybridized carbons (Fsp3) is 0.308. The molecule has 1 saturated heterocycles. The third-order valence-corrected chi connectivity index (χ3v) is 6.51. The second kappa shape index (κ2) is 8.02. The van der Waals surface area contributed by atoms with Crippen molar-refractivity contribution < 1.29 is 9.13 Å². The van der Waals surface area contributed by atoms with Crippen molar-refractivity contribution >= 4 is 22.5 Å². The van der Waals surface area contributed by atoms with Gasteiger partial charge >= 0.3 is 0 Å². The molecule has 2 aromatic heterocycles. The Morgan fingerprint density at radius 2 is 1.91 bits per heavy atom. The molecule has 5 nitrogen and oxygen atoms in total. The first-order chi connectivity index (χ1) is 15.8. The highest BCUT2D eigenvalue weighted by molar-refractivity contribution is 5.92. The highest BCUT2D eigenvalue weighted by Crippen LogP contribution is 2.35. The molecule has 1 aliphatic carbocycles. The van der Waals surface area contributed by atoms with Crippen molar-refractivity contribution in [2.75, 3.05) is 11.9 Å². The van der Waals surface area contributed by atoms with Crippen LogP contribution in [0.4, 0.5) is 15.9 Å². The van der Waals surface area contributed by atoms with Crippen LogP contribution in [0.25, 0.3) is 22.3 Å². The summed E-state index contributed by atoms with van der Waals surface area (Å²) in [4.78, 5) is 4.75. The molecule has 1 aliphatic heterocycles. The van der Waals surface area contributed by atoms with Gasteiger partial charge in [0.25, 0.3) is 0 Å². The predicted octanol–water partition coefficient (Wildman–Crippen LogP) is 6.17. The van der Waals surface area contributed by atoms with Gasteiger partial charge in [0.1, 0.15) is 5.69 Å². The molecule has 1 unspecified atom stereocenters. The van der Waals surface area contributed by atoms with Gasteiger partial charge < -0.3 is 10.1 Å². The molecule has 1 N–H and O–H groups in total. The largest absolute Gasteiger partial charge is 0.356 e. The SMILES string of the molecule is Fc1cc2c(-c3ccccc3)nn(C3CCCCO3)c2nc1Nc1cccc2c1CCC2. The average molecular weight is 429 g/mol.